The van der Waals surface area contributed by atoms with Crippen molar-refractivity contribution in [2.45, 2.75) is 18.7 Å². The number of nitrogens with two attached hydrogens (primary N) is 2. The molecule has 0 saturated heterocycles. The summed E-state index contributed by atoms with van der Waals surface area (Å²) in [6.07, 6.45) is 1.39. The molecule has 1 unspecified atom stereocenters. The van der Waals surface area contributed by atoms with E-state index in [0.29, 0.717) is 25.1 Å². The maximum absolute atomic E-state index is 9.76. The summed E-state index contributed by atoms with van der Waals surface area (Å²) in [5.74, 6) is 0.234. The maximum atomic E-state index is 9.76. The minimum Gasteiger partial charge on any atom is -0.508 e. The van der Waals surface area contributed by atoms with Gasteiger partial charge >= 0.3 is 0 Å². The van der Waals surface area contributed by atoms with Crippen LogP contribution in [0.15, 0.2) is 12.1 Å². The molecule has 0 aliphatic carbocycles. The van der Waals surface area contributed by atoms with Crippen LogP contribution >= 0.6 is 0 Å². The van der Waals surface area contributed by atoms with Gasteiger partial charge in [0.05, 0.1) is 0 Å². The fraction of sp³-hybridized carbons (Fsp3) is 0.455. The Hall–Kier alpha value is -1.20. The summed E-state index contributed by atoms with van der Waals surface area (Å²) in [7, 11) is 1.93. The number of aliphatic hydroxyl groups is 1. The average Bonchev–Trinajstić information content (AvgIpc) is 2.28. The van der Waals surface area contributed by atoms with Gasteiger partial charge < -0.3 is 21.7 Å². The number of benzene rings is 1. The highest BCUT2D eigenvalue weighted by molar-refractivity contribution is 6.13. The van der Waals surface area contributed by atoms with Gasteiger partial charge in [-0.25, -0.2) is 0 Å². The number of phenolic OH excluding ortho intramolecular Hbond substituents is 1. The van der Waals surface area contributed by atoms with Crippen LogP contribution in [0.25, 0.3) is 0 Å². The van der Waals surface area contributed by atoms with E-state index in [2.05, 4.69) is 0 Å². The Morgan fingerprint density at radius 3 is 2.62 bits per heavy atom. The van der Waals surface area contributed by atoms with Crippen LogP contribution in [0.4, 0.5) is 5.69 Å². The van der Waals surface area contributed by atoms with Crippen molar-refractivity contribution < 1.29 is 10.2 Å². The van der Waals surface area contributed by atoms with Gasteiger partial charge in [0.25, 0.3) is 0 Å². The van der Waals surface area contributed by atoms with Crippen LogP contribution in [-0.4, -0.2) is 31.2 Å². The zero-order valence-corrected chi connectivity index (χ0v) is 9.61. The zero-order chi connectivity index (χ0) is 12.1. The third-order valence-electron chi connectivity index (χ3n) is 2.81. The molecule has 0 aliphatic rings. The SMILES string of the molecule is BC(CN)c1c(O)ccc(CCCO)c1N. The maximum Gasteiger partial charge on any atom is 0.120 e. The van der Waals surface area contributed by atoms with Crippen molar-refractivity contribution in [2.75, 3.05) is 18.9 Å². The number of nitrogen functional groups attached to an aromatic ring is 1. The van der Waals surface area contributed by atoms with Crippen molar-refractivity contribution in [3.8, 4) is 5.75 Å². The van der Waals surface area contributed by atoms with Gasteiger partial charge in [-0.3, -0.25) is 0 Å². The van der Waals surface area contributed by atoms with E-state index < -0.39 is 0 Å². The van der Waals surface area contributed by atoms with E-state index in [1.165, 1.54) is 0 Å². The third-order valence-corrected chi connectivity index (χ3v) is 2.81. The molecule has 1 aromatic rings. The van der Waals surface area contributed by atoms with Gasteiger partial charge in [-0.2, -0.15) is 0 Å². The number of aromatic hydroxyl groups is 1. The first kappa shape index (κ1) is 12.9. The second kappa shape index (κ2) is 5.77. The molecule has 0 aliphatic heterocycles. The number of rotatable bonds is 5. The van der Waals surface area contributed by atoms with Gasteiger partial charge in [-0.1, -0.05) is 6.07 Å². The second-order valence-corrected chi connectivity index (χ2v) is 4.04. The van der Waals surface area contributed by atoms with Crippen LogP contribution in [0.5, 0.6) is 5.75 Å². The standard InChI is InChI=1S/C11H19BN2O2/c12-8(6-13)10-9(16)4-3-7(11(10)14)2-1-5-15/h3-4,8,15-16H,1-2,5-6,12-14H2. The highest BCUT2D eigenvalue weighted by atomic mass is 16.3. The Labute approximate surface area is 96.7 Å². The number of hydrogen-bond acceptors (Lipinski definition) is 4. The van der Waals surface area contributed by atoms with Gasteiger partial charge in [0, 0.05) is 17.9 Å². The highest BCUT2D eigenvalue weighted by Crippen LogP contribution is 2.32. The van der Waals surface area contributed by atoms with Crippen LogP contribution < -0.4 is 11.5 Å². The minimum absolute atomic E-state index is 0.0362. The lowest BCUT2D eigenvalue weighted by molar-refractivity contribution is 0.288. The van der Waals surface area contributed by atoms with Crippen LogP contribution in [-0.2, 0) is 6.42 Å². The molecular formula is C11H19BN2O2. The van der Waals surface area contributed by atoms with Crippen LogP contribution in [0.1, 0.15) is 23.4 Å². The summed E-state index contributed by atoms with van der Waals surface area (Å²) >= 11 is 0. The van der Waals surface area contributed by atoms with Crippen LogP contribution in [0, 0.1) is 0 Å². The molecule has 4 nitrogen and oxygen atoms in total. The molecule has 1 atom stereocenters. The predicted molar refractivity (Wildman–Crippen MR) is 68.3 cm³/mol. The molecule has 0 fully saturated rings. The first-order chi connectivity index (χ1) is 7.61. The molecule has 0 spiro atoms. The van der Waals surface area contributed by atoms with Crippen LogP contribution in [0.3, 0.4) is 0 Å². The molecular weight excluding hydrogens is 203 g/mol. The van der Waals surface area contributed by atoms with E-state index in [1.54, 1.807) is 12.1 Å². The summed E-state index contributed by atoms with van der Waals surface area (Å²) < 4.78 is 0. The van der Waals surface area contributed by atoms with E-state index in [4.69, 9.17) is 16.6 Å². The van der Waals surface area contributed by atoms with Crippen molar-refractivity contribution in [1.82, 2.24) is 0 Å². The summed E-state index contributed by atoms with van der Waals surface area (Å²) in [4.78, 5) is 0. The Bertz CT molecular complexity index is 358. The van der Waals surface area contributed by atoms with E-state index in [-0.39, 0.29) is 18.2 Å². The normalized spacial score (nSPS) is 12.6. The molecule has 0 amide bonds. The monoisotopic (exact) mass is 222 g/mol. The van der Waals surface area contributed by atoms with Gasteiger partial charge in [-0.05, 0) is 36.8 Å². The fourth-order valence-electron chi connectivity index (χ4n) is 1.79. The van der Waals surface area contributed by atoms with E-state index >= 15 is 0 Å². The quantitative estimate of drug-likeness (QED) is 0.400. The molecule has 0 heterocycles. The van der Waals surface area contributed by atoms with E-state index in [9.17, 15) is 5.11 Å². The van der Waals surface area contributed by atoms with Gasteiger partial charge in [0.2, 0.25) is 0 Å². The summed E-state index contributed by atoms with van der Waals surface area (Å²) in [5.41, 5.74) is 13.9. The highest BCUT2D eigenvalue weighted by Gasteiger charge is 2.15. The molecule has 5 heteroatoms. The lowest BCUT2D eigenvalue weighted by Gasteiger charge is -2.17. The lowest BCUT2D eigenvalue weighted by atomic mass is 9.79. The topological polar surface area (TPSA) is 92.5 Å². The summed E-state index contributed by atoms with van der Waals surface area (Å²) in [5, 5.41) is 18.5. The number of phenols is 1. The lowest BCUT2D eigenvalue weighted by Crippen LogP contribution is -2.15. The molecule has 1 aromatic carbocycles. The number of hydrogen-bond donors (Lipinski definition) is 4. The Morgan fingerprint density at radius 2 is 2.06 bits per heavy atom. The van der Waals surface area contributed by atoms with Crippen molar-refractivity contribution in [3.63, 3.8) is 0 Å². The Kier molecular flexibility index (Phi) is 4.64. The molecule has 0 saturated carbocycles. The van der Waals surface area contributed by atoms with Gasteiger partial charge in [0.1, 0.15) is 13.6 Å². The largest absolute Gasteiger partial charge is 0.508 e. The average molecular weight is 222 g/mol. The molecule has 1 rings (SSSR count). The number of anilines is 1. The van der Waals surface area contributed by atoms with E-state index in [0.717, 1.165) is 11.1 Å². The molecule has 16 heavy (non-hydrogen) atoms. The molecule has 0 bridgehead atoms. The van der Waals surface area contributed by atoms with Crippen molar-refractivity contribution in [1.29, 1.82) is 0 Å². The second-order valence-electron chi connectivity index (χ2n) is 4.04. The van der Waals surface area contributed by atoms with Gasteiger partial charge in [-0.15, -0.1) is 0 Å². The smallest absolute Gasteiger partial charge is 0.120 e. The predicted octanol–water partition coefficient (Wildman–Crippen LogP) is -0.468. The minimum atomic E-state index is 0.0362. The Morgan fingerprint density at radius 1 is 1.38 bits per heavy atom. The Balaban J connectivity index is 3.06. The van der Waals surface area contributed by atoms with E-state index in [1.807, 2.05) is 7.85 Å². The first-order valence-electron chi connectivity index (χ1n) is 5.53. The van der Waals surface area contributed by atoms with Crippen molar-refractivity contribution >= 4 is 13.5 Å². The molecule has 6 N–H and O–H groups in total. The number of aliphatic hydroxyl groups excluding tert-OH is 1. The third kappa shape index (κ3) is 2.68. The first-order valence-corrected chi connectivity index (χ1v) is 5.53. The van der Waals surface area contributed by atoms with Crippen molar-refractivity contribution in [3.05, 3.63) is 23.3 Å². The van der Waals surface area contributed by atoms with Crippen molar-refractivity contribution in [2.24, 2.45) is 5.73 Å². The zero-order valence-electron chi connectivity index (χ0n) is 9.61. The fourth-order valence-corrected chi connectivity index (χ4v) is 1.79. The molecule has 88 valence electrons. The van der Waals surface area contributed by atoms with Crippen LogP contribution in [0.2, 0.25) is 0 Å². The summed E-state index contributed by atoms with van der Waals surface area (Å²) in [6.45, 7) is 0.587. The molecule has 0 aromatic heterocycles. The summed E-state index contributed by atoms with van der Waals surface area (Å²) in [6, 6.07) is 3.44. The van der Waals surface area contributed by atoms with Gasteiger partial charge in [0.15, 0.2) is 0 Å². The molecule has 0 radical (unpaired) electrons. The number of aryl methyl sites for hydroxylation is 1.